The van der Waals surface area contributed by atoms with Crippen molar-refractivity contribution >= 4 is 40.7 Å². The van der Waals surface area contributed by atoms with Crippen molar-refractivity contribution in [1.29, 1.82) is 5.41 Å². The van der Waals surface area contributed by atoms with E-state index in [4.69, 9.17) is 15.9 Å². The quantitative estimate of drug-likeness (QED) is 0.283. The van der Waals surface area contributed by atoms with Gasteiger partial charge in [-0.25, -0.2) is 4.79 Å². The van der Waals surface area contributed by atoms with E-state index in [1.54, 1.807) is 20.8 Å². The number of para-hydroxylation sites is 1. The van der Waals surface area contributed by atoms with Gasteiger partial charge in [0, 0.05) is 37.0 Å². The highest BCUT2D eigenvalue weighted by Crippen LogP contribution is 2.22. The van der Waals surface area contributed by atoms with Crippen LogP contribution < -0.4 is 16.4 Å². The molecule has 1 heterocycles. The van der Waals surface area contributed by atoms with Crippen LogP contribution in [0.25, 0.3) is 10.9 Å². The molecule has 5 N–H and O–H groups in total. The third-order valence-corrected chi connectivity index (χ3v) is 5.09. The predicted octanol–water partition coefficient (Wildman–Crippen LogP) is 0.990. The monoisotopic (exact) mass is 471 g/mol. The molecular formula is C24H33N5O5. The Morgan fingerprint density at radius 3 is 2.44 bits per heavy atom. The summed E-state index contributed by atoms with van der Waals surface area (Å²) in [5.74, 6) is -2.31. The fourth-order valence-corrected chi connectivity index (χ4v) is 3.52. The second-order valence-electron chi connectivity index (χ2n) is 9.05. The van der Waals surface area contributed by atoms with Gasteiger partial charge in [-0.15, -0.1) is 0 Å². The minimum absolute atomic E-state index is 0.0410. The standard InChI is InChI=1S/C24H33N5O5/c1-24(2,3)34-23(33)18(10-9-16(30)12-25)28-22(32)19(27-21(31)13-26)11-15-14-29(4)20-8-6-5-7-17(15)20/h5-8,12,14,18-19,25H,9-11,13,26H2,1-4H3,(H,27,31)(H,28,32)/t18-,19-/m0/s1. The summed E-state index contributed by atoms with van der Waals surface area (Å²) >= 11 is 0. The molecule has 1 aromatic heterocycles. The molecule has 0 aliphatic heterocycles. The third-order valence-electron chi connectivity index (χ3n) is 5.09. The van der Waals surface area contributed by atoms with Gasteiger partial charge >= 0.3 is 5.97 Å². The first-order valence-electron chi connectivity index (χ1n) is 11.0. The summed E-state index contributed by atoms with van der Waals surface area (Å²) in [5, 5.41) is 13.2. The first-order chi connectivity index (χ1) is 15.9. The van der Waals surface area contributed by atoms with Crippen molar-refractivity contribution in [3.05, 3.63) is 36.0 Å². The maximum Gasteiger partial charge on any atom is 0.329 e. The number of ketones is 1. The number of hydrogen-bond donors (Lipinski definition) is 4. The zero-order valence-electron chi connectivity index (χ0n) is 20.0. The Bertz CT molecular complexity index is 1070. The number of amides is 2. The summed E-state index contributed by atoms with van der Waals surface area (Å²) in [5.41, 5.74) is 6.45. The number of rotatable bonds is 11. The fourth-order valence-electron chi connectivity index (χ4n) is 3.52. The van der Waals surface area contributed by atoms with E-state index in [2.05, 4.69) is 10.6 Å². The van der Waals surface area contributed by atoms with Crippen LogP contribution in [0.4, 0.5) is 0 Å². The van der Waals surface area contributed by atoms with Crippen molar-refractivity contribution in [3.63, 3.8) is 0 Å². The van der Waals surface area contributed by atoms with Gasteiger partial charge in [-0.2, -0.15) is 0 Å². The van der Waals surface area contributed by atoms with Gasteiger partial charge in [-0.3, -0.25) is 14.4 Å². The molecule has 0 spiro atoms. The first-order valence-corrected chi connectivity index (χ1v) is 11.0. The van der Waals surface area contributed by atoms with Crippen LogP contribution >= 0.6 is 0 Å². The number of Topliss-reactive ketones (excluding diaryl/α,β-unsaturated/α-hetero) is 1. The second-order valence-corrected chi connectivity index (χ2v) is 9.05. The minimum atomic E-state index is -1.12. The van der Waals surface area contributed by atoms with Crippen molar-refractivity contribution in [1.82, 2.24) is 15.2 Å². The molecule has 0 aliphatic rings. The smallest absolute Gasteiger partial charge is 0.329 e. The average molecular weight is 472 g/mol. The van der Waals surface area contributed by atoms with Crippen LogP contribution in [-0.4, -0.2) is 58.6 Å². The van der Waals surface area contributed by atoms with E-state index in [0.29, 0.717) is 6.21 Å². The van der Waals surface area contributed by atoms with Crippen LogP contribution in [0.15, 0.2) is 30.5 Å². The number of nitrogens with zero attached hydrogens (tertiary/aromatic N) is 1. The molecule has 0 radical (unpaired) electrons. The van der Waals surface area contributed by atoms with Gasteiger partial charge in [0.15, 0.2) is 5.78 Å². The number of benzene rings is 1. The molecule has 0 saturated carbocycles. The topological polar surface area (TPSA) is 156 Å². The molecule has 2 aromatic rings. The largest absolute Gasteiger partial charge is 0.458 e. The normalized spacial score (nSPS) is 13.1. The molecular weight excluding hydrogens is 438 g/mol. The number of hydrogen-bond acceptors (Lipinski definition) is 7. The van der Waals surface area contributed by atoms with Crippen molar-refractivity contribution in [2.45, 2.75) is 57.7 Å². The number of nitrogens with one attached hydrogen (secondary N) is 3. The predicted molar refractivity (Wildman–Crippen MR) is 128 cm³/mol. The van der Waals surface area contributed by atoms with Gasteiger partial charge in [0.25, 0.3) is 0 Å². The van der Waals surface area contributed by atoms with Gasteiger partial charge in [-0.05, 0) is 38.8 Å². The lowest BCUT2D eigenvalue weighted by atomic mass is 10.0. The van der Waals surface area contributed by atoms with Crippen LogP contribution in [0.2, 0.25) is 0 Å². The lowest BCUT2D eigenvalue weighted by molar-refractivity contribution is -0.159. The van der Waals surface area contributed by atoms with E-state index < -0.39 is 41.3 Å². The van der Waals surface area contributed by atoms with E-state index in [1.807, 2.05) is 42.1 Å². The molecule has 0 fully saturated rings. The molecule has 10 nitrogen and oxygen atoms in total. The second kappa shape index (κ2) is 11.6. The molecule has 0 bridgehead atoms. The van der Waals surface area contributed by atoms with E-state index in [0.717, 1.165) is 16.5 Å². The van der Waals surface area contributed by atoms with Crippen molar-refractivity contribution < 1.29 is 23.9 Å². The van der Waals surface area contributed by atoms with E-state index >= 15 is 0 Å². The molecule has 2 atom stereocenters. The Labute approximate surface area is 198 Å². The van der Waals surface area contributed by atoms with Gasteiger partial charge in [0.1, 0.15) is 17.7 Å². The summed E-state index contributed by atoms with van der Waals surface area (Å²) in [7, 11) is 1.89. The molecule has 2 rings (SSSR count). The van der Waals surface area contributed by atoms with Crippen LogP contribution in [0.1, 0.15) is 39.2 Å². The number of nitrogens with two attached hydrogens (primary N) is 1. The highest BCUT2D eigenvalue weighted by atomic mass is 16.6. The summed E-state index contributed by atoms with van der Waals surface area (Å²) in [6.45, 7) is 4.77. The van der Waals surface area contributed by atoms with Gasteiger partial charge in [0.2, 0.25) is 11.8 Å². The van der Waals surface area contributed by atoms with Crippen molar-refractivity contribution in [2.24, 2.45) is 12.8 Å². The van der Waals surface area contributed by atoms with Gasteiger partial charge in [0.05, 0.1) is 12.8 Å². The molecule has 0 saturated heterocycles. The Kier molecular flexibility index (Phi) is 9.08. The highest BCUT2D eigenvalue weighted by Gasteiger charge is 2.30. The molecule has 34 heavy (non-hydrogen) atoms. The molecule has 2 amide bonds. The SMILES string of the molecule is Cn1cc(C[C@H](NC(=O)CN)C(=O)N[C@@H](CCC(=O)C=N)C(=O)OC(C)(C)C)c2ccccc21. The zero-order chi connectivity index (χ0) is 25.5. The summed E-state index contributed by atoms with van der Waals surface area (Å²) in [6, 6.07) is 5.54. The number of aryl methyl sites for hydroxylation is 1. The molecule has 0 unspecified atom stereocenters. The fraction of sp³-hybridized carbons (Fsp3) is 0.458. The number of aromatic nitrogens is 1. The van der Waals surface area contributed by atoms with Crippen LogP contribution in [0.3, 0.4) is 0 Å². The number of esters is 1. The molecule has 0 aliphatic carbocycles. The minimum Gasteiger partial charge on any atom is -0.458 e. The van der Waals surface area contributed by atoms with Crippen LogP contribution in [-0.2, 0) is 37.4 Å². The maximum absolute atomic E-state index is 13.2. The van der Waals surface area contributed by atoms with Crippen LogP contribution in [0, 0.1) is 5.41 Å². The zero-order valence-corrected chi connectivity index (χ0v) is 20.0. The number of fused-ring (bicyclic) bond motifs is 1. The van der Waals surface area contributed by atoms with Crippen LogP contribution in [0.5, 0.6) is 0 Å². The van der Waals surface area contributed by atoms with Gasteiger partial charge in [-0.1, -0.05) is 18.2 Å². The maximum atomic E-state index is 13.2. The number of carbonyl (C=O) groups excluding carboxylic acids is 4. The summed E-state index contributed by atoms with van der Waals surface area (Å²) in [6.07, 6.45) is 2.56. The molecule has 1 aromatic carbocycles. The third kappa shape index (κ3) is 7.51. The number of carbonyl (C=O) groups is 4. The highest BCUT2D eigenvalue weighted by molar-refractivity contribution is 6.26. The summed E-state index contributed by atoms with van der Waals surface area (Å²) < 4.78 is 7.32. The number of ether oxygens (including phenoxy) is 1. The van der Waals surface area contributed by atoms with Gasteiger partial charge < -0.3 is 31.1 Å². The Morgan fingerprint density at radius 2 is 1.82 bits per heavy atom. The Hall–Kier alpha value is -3.53. The summed E-state index contributed by atoms with van der Waals surface area (Å²) in [4.78, 5) is 49.6. The first kappa shape index (κ1) is 26.7. The van der Waals surface area contributed by atoms with E-state index in [1.165, 1.54) is 0 Å². The molecule has 10 heteroatoms. The van der Waals surface area contributed by atoms with Crippen molar-refractivity contribution in [2.75, 3.05) is 6.54 Å². The van der Waals surface area contributed by atoms with E-state index in [9.17, 15) is 19.2 Å². The Balaban J connectivity index is 2.29. The lowest BCUT2D eigenvalue weighted by Crippen LogP contribution is -2.54. The van der Waals surface area contributed by atoms with Crippen molar-refractivity contribution in [3.8, 4) is 0 Å². The molecule has 184 valence electrons. The van der Waals surface area contributed by atoms with E-state index in [-0.39, 0.29) is 25.8 Å². The average Bonchev–Trinajstić information content (AvgIpc) is 3.09. The lowest BCUT2D eigenvalue weighted by Gasteiger charge is -2.26. The Morgan fingerprint density at radius 1 is 1.15 bits per heavy atom.